The molecule has 1 aliphatic heterocycles. The second kappa shape index (κ2) is 8.41. The number of ether oxygens (including phenoxy) is 2. The fourth-order valence-electron chi connectivity index (χ4n) is 2.82. The van der Waals surface area contributed by atoms with E-state index in [0.717, 1.165) is 4.31 Å². The van der Waals surface area contributed by atoms with E-state index in [1.807, 2.05) is 0 Å². The molecule has 1 saturated heterocycles. The maximum atomic E-state index is 13.2. The molecule has 7 nitrogen and oxygen atoms in total. The lowest BCUT2D eigenvalue weighted by Gasteiger charge is -2.30. The zero-order chi connectivity index (χ0) is 19.3. The van der Waals surface area contributed by atoms with Crippen molar-refractivity contribution < 1.29 is 22.7 Å². The number of morpholine rings is 1. The molecule has 27 heavy (non-hydrogen) atoms. The van der Waals surface area contributed by atoms with Gasteiger partial charge in [0.05, 0.1) is 30.9 Å². The summed E-state index contributed by atoms with van der Waals surface area (Å²) in [5.74, 6) is 0.309. The Kier molecular flexibility index (Phi) is 5.98. The zero-order valence-electron chi connectivity index (χ0n) is 15.1. The van der Waals surface area contributed by atoms with Gasteiger partial charge in [0, 0.05) is 13.1 Å². The monoisotopic (exact) mass is 390 g/mol. The molecule has 0 atom stereocenters. The Labute approximate surface area is 159 Å². The van der Waals surface area contributed by atoms with Gasteiger partial charge < -0.3 is 14.4 Å². The van der Waals surface area contributed by atoms with E-state index in [-0.39, 0.29) is 17.3 Å². The summed E-state index contributed by atoms with van der Waals surface area (Å²) in [5, 5.41) is 0. The van der Waals surface area contributed by atoms with Crippen molar-refractivity contribution in [3.05, 3.63) is 54.6 Å². The molecule has 3 rings (SSSR count). The van der Waals surface area contributed by atoms with Crippen LogP contribution in [-0.4, -0.2) is 59.2 Å². The van der Waals surface area contributed by atoms with Crippen molar-refractivity contribution in [1.29, 1.82) is 0 Å². The molecule has 144 valence electrons. The van der Waals surface area contributed by atoms with Crippen LogP contribution in [0.2, 0.25) is 0 Å². The molecule has 0 unspecified atom stereocenters. The van der Waals surface area contributed by atoms with Crippen molar-refractivity contribution in [2.75, 3.05) is 44.3 Å². The second-order valence-electron chi connectivity index (χ2n) is 6.02. The number of carbonyl (C=O) groups is 1. The molecule has 1 aliphatic rings. The fraction of sp³-hybridized carbons (Fsp3) is 0.316. The fourth-order valence-corrected chi connectivity index (χ4v) is 4.23. The zero-order valence-corrected chi connectivity index (χ0v) is 15.9. The summed E-state index contributed by atoms with van der Waals surface area (Å²) in [7, 11) is -2.40. The number of hydrogen-bond acceptors (Lipinski definition) is 5. The Balaban J connectivity index is 1.92. The van der Waals surface area contributed by atoms with Gasteiger partial charge in [-0.25, -0.2) is 8.42 Å². The molecule has 8 heteroatoms. The SMILES string of the molecule is COc1ccc(S(=O)(=O)N(CC(=O)N2CCOCC2)c2ccccc2)cc1. The number of rotatable bonds is 6. The highest BCUT2D eigenvalue weighted by molar-refractivity contribution is 7.92. The maximum Gasteiger partial charge on any atom is 0.264 e. The van der Waals surface area contributed by atoms with Crippen LogP contribution in [-0.2, 0) is 19.6 Å². The molecule has 0 saturated carbocycles. The van der Waals surface area contributed by atoms with Crippen LogP contribution < -0.4 is 9.04 Å². The van der Waals surface area contributed by atoms with Crippen molar-refractivity contribution in [2.45, 2.75) is 4.90 Å². The summed E-state index contributed by atoms with van der Waals surface area (Å²) in [4.78, 5) is 14.4. The number of methoxy groups -OCH3 is 1. The predicted octanol–water partition coefficient (Wildman–Crippen LogP) is 1.75. The summed E-state index contributed by atoms with van der Waals surface area (Å²) in [6, 6.07) is 14.7. The van der Waals surface area contributed by atoms with Crippen LogP contribution in [0.5, 0.6) is 5.75 Å². The van der Waals surface area contributed by atoms with Crippen LogP contribution >= 0.6 is 0 Å². The summed E-state index contributed by atoms with van der Waals surface area (Å²) < 4.78 is 38.0. The molecule has 0 spiro atoms. The number of hydrogen-bond donors (Lipinski definition) is 0. The molecule has 0 aliphatic carbocycles. The predicted molar refractivity (Wildman–Crippen MR) is 101 cm³/mol. The quantitative estimate of drug-likeness (QED) is 0.751. The molecule has 0 aromatic heterocycles. The largest absolute Gasteiger partial charge is 0.497 e. The molecule has 1 heterocycles. The summed E-state index contributed by atoms with van der Waals surface area (Å²) in [6.45, 7) is 1.58. The van der Waals surface area contributed by atoms with Crippen molar-refractivity contribution in [3.8, 4) is 5.75 Å². The first-order chi connectivity index (χ1) is 13.0. The van der Waals surface area contributed by atoms with Crippen molar-refractivity contribution >= 4 is 21.6 Å². The van der Waals surface area contributed by atoms with E-state index in [1.54, 1.807) is 47.4 Å². The third-order valence-electron chi connectivity index (χ3n) is 4.33. The van der Waals surface area contributed by atoms with Gasteiger partial charge in [-0.3, -0.25) is 9.10 Å². The standard InChI is InChI=1S/C19H22N2O5S/c1-25-17-7-9-18(10-8-17)27(23,24)21(16-5-3-2-4-6-16)15-19(22)20-11-13-26-14-12-20/h2-10H,11-15H2,1H3. The number of sulfonamides is 1. The maximum absolute atomic E-state index is 13.2. The minimum Gasteiger partial charge on any atom is -0.497 e. The van der Waals surface area contributed by atoms with Gasteiger partial charge in [0.2, 0.25) is 5.91 Å². The highest BCUT2D eigenvalue weighted by atomic mass is 32.2. The third-order valence-corrected chi connectivity index (χ3v) is 6.12. The van der Waals surface area contributed by atoms with Gasteiger partial charge in [-0.2, -0.15) is 0 Å². The summed E-state index contributed by atoms with van der Waals surface area (Å²) >= 11 is 0. The molecular formula is C19H22N2O5S. The number of nitrogens with zero attached hydrogens (tertiary/aromatic N) is 2. The van der Waals surface area contributed by atoms with E-state index in [2.05, 4.69) is 0 Å². The van der Waals surface area contributed by atoms with E-state index in [4.69, 9.17) is 9.47 Å². The molecular weight excluding hydrogens is 368 g/mol. The molecule has 2 aromatic rings. The lowest BCUT2D eigenvalue weighted by atomic mass is 10.3. The van der Waals surface area contributed by atoms with E-state index in [1.165, 1.54) is 19.2 Å². The van der Waals surface area contributed by atoms with Crippen LogP contribution in [0.25, 0.3) is 0 Å². The van der Waals surface area contributed by atoms with Gasteiger partial charge in [-0.05, 0) is 36.4 Å². The minimum atomic E-state index is -3.91. The lowest BCUT2D eigenvalue weighted by molar-refractivity contribution is -0.133. The normalized spacial score (nSPS) is 14.6. The Morgan fingerprint density at radius 3 is 2.30 bits per heavy atom. The van der Waals surface area contributed by atoms with Crippen LogP contribution in [0.4, 0.5) is 5.69 Å². The number of anilines is 1. The Morgan fingerprint density at radius 1 is 1.07 bits per heavy atom. The minimum absolute atomic E-state index is 0.0990. The first-order valence-electron chi connectivity index (χ1n) is 8.60. The molecule has 1 fully saturated rings. The summed E-state index contributed by atoms with van der Waals surface area (Å²) in [5.41, 5.74) is 0.440. The topological polar surface area (TPSA) is 76.2 Å². The molecule has 0 bridgehead atoms. The third kappa shape index (κ3) is 4.40. The average Bonchev–Trinajstić information content (AvgIpc) is 2.73. The van der Waals surface area contributed by atoms with Gasteiger partial charge in [-0.15, -0.1) is 0 Å². The van der Waals surface area contributed by atoms with E-state index < -0.39 is 10.0 Å². The van der Waals surface area contributed by atoms with E-state index in [0.29, 0.717) is 37.7 Å². The van der Waals surface area contributed by atoms with E-state index in [9.17, 15) is 13.2 Å². The number of benzene rings is 2. The van der Waals surface area contributed by atoms with Gasteiger partial charge in [0.15, 0.2) is 0 Å². The van der Waals surface area contributed by atoms with Gasteiger partial charge in [0.1, 0.15) is 12.3 Å². The number of para-hydroxylation sites is 1. The Morgan fingerprint density at radius 2 is 1.70 bits per heavy atom. The van der Waals surface area contributed by atoms with Crippen LogP contribution in [0.15, 0.2) is 59.5 Å². The Hall–Kier alpha value is -2.58. The lowest BCUT2D eigenvalue weighted by Crippen LogP contribution is -2.47. The second-order valence-corrected chi connectivity index (χ2v) is 7.88. The van der Waals surface area contributed by atoms with Crippen LogP contribution in [0.3, 0.4) is 0 Å². The van der Waals surface area contributed by atoms with Crippen LogP contribution in [0, 0.1) is 0 Å². The van der Waals surface area contributed by atoms with Gasteiger partial charge in [0.25, 0.3) is 10.0 Å². The van der Waals surface area contributed by atoms with Crippen LogP contribution in [0.1, 0.15) is 0 Å². The first-order valence-corrected chi connectivity index (χ1v) is 10.0. The summed E-state index contributed by atoms with van der Waals surface area (Å²) in [6.07, 6.45) is 0. The highest BCUT2D eigenvalue weighted by Gasteiger charge is 2.29. The number of amides is 1. The molecule has 0 N–H and O–H groups in total. The molecule has 0 radical (unpaired) electrons. The Bertz CT molecular complexity index is 863. The van der Waals surface area contributed by atoms with Gasteiger partial charge in [-0.1, -0.05) is 18.2 Å². The highest BCUT2D eigenvalue weighted by Crippen LogP contribution is 2.25. The van der Waals surface area contributed by atoms with Crippen molar-refractivity contribution in [1.82, 2.24) is 4.90 Å². The van der Waals surface area contributed by atoms with Crippen molar-refractivity contribution in [3.63, 3.8) is 0 Å². The molecule has 2 aromatic carbocycles. The smallest absolute Gasteiger partial charge is 0.264 e. The van der Waals surface area contributed by atoms with E-state index >= 15 is 0 Å². The first kappa shape index (κ1) is 19.2. The molecule has 1 amide bonds. The number of carbonyl (C=O) groups excluding carboxylic acids is 1. The van der Waals surface area contributed by atoms with Crippen molar-refractivity contribution in [2.24, 2.45) is 0 Å². The van der Waals surface area contributed by atoms with Gasteiger partial charge >= 0.3 is 0 Å². The average molecular weight is 390 g/mol.